The average Bonchev–Trinajstić information content (AvgIpc) is 3.10. The smallest absolute Gasteiger partial charge is 0.371 e. The van der Waals surface area contributed by atoms with E-state index in [1.165, 1.54) is 4.31 Å². The number of sulfonamides is 1. The second-order valence-electron chi connectivity index (χ2n) is 6.36. The van der Waals surface area contributed by atoms with Crippen molar-refractivity contribution in [2.24, 2.45) is 11.8 Å². The van der Waals surface area contributed by atoms with Crippen LogP contribution in [0.1, 0.15) is 43.7 Å². The molecule has 0 radical (unpaired) electrons. The van der Waals surface area contributed by atoms with Crippen molar-refractivity contribution in [2.75, 3.05) is 19.6 Å². The minimum atomic E-state index is -3.88. The van der Waals surface area contributed by atoms with E-state index in [-0.39, 0.29) is 30.0 Å². The number of nitrogens with one attached hydrogen (secondary N) is 1. The van der Waals surface area contributed by atoms with Crippen molar-refractivity contribution in [3.05, 3.63) is 17.9 Å². The summed E-state index contributed by atoms with van der Waals surface area (Å²) in [7, 11) is -3.88. The zero-order valence-corrected chi connectivity index (χ0v) is 15.2. The number of carboxylic acids is 1. The topological polar surface area (TPSA) is 117 Å². The quantitative estimate of drug-likeness (QED) is 0.750. The number of hydrogen-bond acceptors (Lipinski definition) is 5. The van der Waals surface area contributed by atoms with Crippen molar-refractivity contribution >= 4 is 21.9 Å². The van der Waals surface area contributed by atoms with Gasteiger partial charge in [0.1, 0.15) is 0 Å². The molecule has 2 heterocycles. The molecule has 0 saturated carbocycles. The molecule has 1 fully saturated rings. The lowest BCUT2D eigenvalue weighted by Crippen LogP contribution is -2.43. The third-order valence-corrected chi connectivity index (χ3v) is 6.31. The first-order chi connectivity index (χ1) is 11.8. The van der Waals surface area contributed by atoms with E-state index in [0.29, 0.717) is 25.3 Å². The summed E-state index contributed by atoms with van der Waals surface area (Å²) >= 11 is 0. The fourth-order valence-electron chi connectivity index (χ4n) is 2.62. The number of furan rings is 1. The second kappa shape index (κ2) is 8.01. The van der Waals surface area contributed by atoms with Gasteiger partial charge in [-0.1, -0.05) is 20.3 Å². The molecule has 1 atom stereocenters. The third kappa shape index (κ3) is 4.60. The van der Waals surface area contributed by atoms with Gasteiger partial charge >= 0.3 is 5.97 Å². The molecular formula is C16H24N2O6S. The largest absolute Gasteiger partial charge is 0.475 e. The maximum absolute atomic E-state index is 12.5. The third-order valence-electron chi connectivity index (χ3n) is 4.53. The van der Waals surface area contributed by atoms with Crippen LogP contribution in [0.5, 0.6) is 0 Å². The van der Waals surface area contributed by atoms with Gasteiger partial charge in [-0.2, -0.15) is 4.31 Å². The lowest BCUT2D eigenvalue weighted by Gasteiger charge is -2.30. The van der Waals surface area contributed by atoms with Crippen LogP contribution in [0.25, 0.3) is 0 Å². The first kappa shape index (κ1) is 19.5. The zero-order chi connectivity index (χ0) is 18.6. The summed E-state index contributed by atoms with van der Waals surface area (Å²) in [6.45, 7) is 5.15. The van der Waals surface area contributed by atoms with Crippen LogP contribution in [0.3, 0.4) is 0 Å². The van der Waals surface area contributed by atoms with Gasteiger partial charge in [0.15, 0.2) is 0 Å². The molecule has 25 heavy (non-hydrogen) atoms. The van der Waals surface area contributed by atoms with Crippen LogP contribution >= 0.6 is 0 Å². The molecule has 0 aliphatic carbocycles. The lowest BCUT2D eigenvalue weighted by atomic mass is 9.97. The fourth-order valence-corrected chi connectivity index (χ4v) is 4.00. The summed E-state index contributed by atoms with van der Waals surface area (Å²) in [5.74, 6) is -1.58. The Kier molecular flexibility index (Phi) is 6.23. The number of rotatable bonds is 7. The van der Waals surface area contributed by atoms with Gasteiger partial charge in [0, 0.05) is 25.6 Å². The van der Waals surface area contributed by atoms with E-state index in [9.17, 15) is 18.0 Å². The molecule has 0 spiro atoms. The maximum atomic E-state index is 12.5. The minimum absolute atomic E-state index is 0.0384. The average molecular weight is 372 g/mol. The highest BCUT2D eigenvalue weighted by Gasteiger charge is 2.34. The maximum Gasteiger partial charge on any atom is 0.371 e. The van der Waals surface area contributed by atoms with E-state index >= 15 is 0 Å². The van der Waals surface area contributed by atoms with E-state index in [0.717, 1.165) is 18.6 Å². The van der Waals surface area contributed by atoms with E-state index in [4.69, 9.17) is 9.52 Å². The molecule has 2 rings (SSSR count). The molecule has 1 amide bonds. The van der Waals surface area contributed by atoms with Gasteiger partial charge in [0.05, 0.1) is 0 Å². The molecule has 9 heteroatoms. The molecule has 1 aromatic heterocycles. The Labute approximate surface area is 147 Å². The second-order valence-corrected chi connectivity index (χ2v) is 8.23. The van der Waals surface area contributed by atoms with E-state index in [2.05, 4.69) is 19.2 Å². The van der Waals surface area contributed by atoms with Gasteiger partial charge in [0.2, 0.25) is 16.8 Å². The SMILES string of the molecule is CCC(C)CNC(=O)C1CCN(S(=O)(=O)c2ccc(C(=O)O)o2)CC1. The standard InChI is InChI=1S/C16H24N2O6S/c1-3-11(2)10-17-15(19)12-6-8-18(9-7-12)25(22,23)14-5-4-13(24-14)16(20)21/h4-5,11-12H,3,6-10H2,1-2H3,(H,17,19)(H,20,21). The summed E-state index contributed by atoms with van der Waals surface area (Å²) in [5.41, 5.74) is 0. The van der Waals surface area contributed by atoms with Crippen molar-refractivity contribution in [1.82, 2.24) is 9.62 Å². The normalized spacial score (nSPS) is 18.0. The van der Waals surface area contributed by atoms with E-state index < -0.39 is 21.8 Å². The monoisotopic (exact) mass is 372 g/mol. The van der Waals surface area contributed by atoms with E-state index in [1.807, 2.05) is 0 Å². The Hall–Kier alpha value is -1.87. The number of piperidine rings is 1. The molecule has 140 valence electrons. The van der Waals surface area contributed by atoms with E-state index in [1.54, 1.807) is 0 Å². The Morgan fingerprint density at radius 2 is 2.00 bits per heavy atom. The Morgan fingerprint density at radius 1 is 1.36 bits per heavy atom. The van der Waals surface area contributed by atoms with Crippen molar-refractivity contribution in [3.8, 4) is 0 Å². The van der Waals surface area contributed by atoms with Crippen LogP contribution in [-0.2, 0) is 14.8 Å². The molecule has 1 unspecified atom stereocenters. The van der Waals surface area contributed by atoms with Gasteiger partial charge in [-0.15, -0.1) is 0 Å². The first-order valence-electron chi connectivity index (χ1n) is 8.36. The number of nitrogens with zero attached hydrogens (tertiary/aromatic N) is 1. The van der Waals surface area contributed by atoms with Gasteiger partial charge in [-0.3, -0.25) is 4.79 Å². The van der Waals surface area contributed by atoms with Crippen LogP contribution in [-0.4, -0.2) is 49.3 Å². The molecule has 1 aliphatic heterocycles. The summed E-state index contributed by atoms with van der Waals surface area (Å²) < 4.78 is 31.1. The highest BCUT2D eigenvalue weighted by Crippen LogP contribution is 2.25. The minimum Gasteiger partial charge on any atom is -0.475 e. The van der Waals surface area contributed by atoms with Crippen LogP contribution in [0.2, 0.25) is 0 Å². The Balaban J connectivity index is 1.94. The Morgan fingerprint density at radius 3 is 2.52 bits per heavy atom. The van der Waals surface area contributed by atoms with Crippen LogP contribution < -0.4 is 5.32 Å². The molecular weight excluding hydrogens is 348 g/mol. The molecule has 1 saturated heterocycles. The summed E-state index contributed by atoms with van der Waals surface area (Å²) in [6, 6.07) is 2.26. The molecule has 0 bridgehead atoms. The highest BCUT2D eigenvalue weighted by atomic mass is 32.2. The Bertz CT molecular complexity index is 719. The molecule has 0 aromatic carbocycles. The molecule has 8 nitrogen and oxygen atoms in total. The van der Waals surface area contributed by atoms with Gasteiger partial charge in [0.25, 0.3) is 10.0 Å². The summed E-state index contributed by atoms with van der Waals surface area (Å²) in [5, 5.41) is 11.4. The number of carboxylic acid groups (broad SMARTS) is 1. The number of hydrogen-bond donors (Lipinski definition) is 2. The van der Waals surface area contributed by atoms with Crippen LogP contribution in [0.4, 0.5) is 0 Å². The van der Waals surface area contributed by atoms with Crippen molar-refractivity contribution in [2.45, 2.75) is 38.2 Å². The van der Waals surface area contributed by atoms with Crippen molar-refractivity contribution < 1.29 is 27.5 Å². The first-order valence-corrected chi connectivity index (χ1v) is 9.80. The van der Waals surface area contributed by atoms with Crippen molar-refractivity contribution in [3.63, 3.8) is 0 Å². The predicted molar refractivity (Wildman–Crippen MR) is 89.6 cm³/mol. The van der Waals surface area contributed by atoms with Gasteiger partial charge < -0.3 is 14.8 Å². The van der Waals surface area contributed by atoms with Gasteiger partial charge in [-0.25, -0.2) is 13.2 Å². The number of carbonyl (C=O) groups excluding carboxylic acids is 1. The molecule has 2 N–H and O–H groups in total. The number of carbonyl (C=O) groups is 2. The lowest BCUT2D eigenvalue weighted by molar-refractivity contribution is -0.126. The summed E-state index contributed by atoms with van der Waals surface area (Å²) in [4.78, 5) is 23.0. The zero-order valence-electron chi connectivity index (χ0n) is 14.4. The number of amides is 1. The van der Waals surface area contributed by atoms with Crippen LogP contribution in [0.15, 0.2) is 21.6 Å². The van der Waals surface area contributed by atoms with Gasteiger partial charge in [-0.05, 0) is 30.9 Å². The predicted octanol–water partition coefficient (Wildman–Crippen LogP) is 1.54. The fraction of sp³-hybridized carbons (Fsp3) is 0.625. The summed E-state index contributed by atoms with van der Waals surface area (Å²) in [6.07, 6.45) is 1.84. The van der Waals surface area contributed by atoms with Crippen LogP contribution in [0, 0.1) is 11.8 Å². The molecule has 1 aromatic rings. The molecule has 1 aliphatic rings. The van der Waals surface area contributed by atoms with Crippen molar-refractivity contribution in [1.29, 1.82) is 0 Å². The number of aromatic carboxylic acids is 1. The highest BCUT2D eigenvalue weighted by molar-refractivity contribution is 7.89.